The zero-order valence-corrected chi connectivity index (χ0v) is 16.7. The molecule has 2 N–H and O–H groups in total. The number of para-hydroxylation sites is 1. The van der Waals surface area contributed by atoms with Crippen LogP contribution in [0, 0.1) is 0 Å². The van der Waals surface area contributed by atoms with Crippen molar-refractivity contribution in [3.8, 4) is 0 Å². The van der Waals surface area contributed by atoms with Gasteiger partial charge in [-0.1, -0.05) is 18.2 Å². The van der Waals surface area contributed by atoms with Crippen LogP contribution < -0.4 is 5.73 Å². The van der Waals surface area contributed by atoms with Gasteiger partial charge in [0.2, 0.25) is 5.91 Å². The van der Waals surface area contributed by atoms with E-state index in [1.54, 1.807) is 0 Å². The first-order chi connectivity index (χ1) is 14.1. The first-order valence-corrected chi connectivity index (χ1v) is 10.4. The summed E-state index contributed by atoms with van der Waals surface area (Å²) in [6.45, 7) is 5.48. The standard InChI is InChI=1S/C22H28N4O3/c23-22(28)18-15-17-3-1-2-4-19(17)24-21(18)16-5-9-26(10-6-16)20(27)7-8-25-11-13-29-14-12-25/h1-4,15-16H,5-14H2,(H2,23,28). The highest BCUT2D eigenvalue weighted by Gasteiger charge is 2.28. The average molecular weight is 396 g/mol. The van der Waals surface area contributed by atoms with Crippen molar-refractivity contribution in [3.05, 3.63) is 41.6 Å². The molecule has 0 radical (unpaired) electrons. The van der Waals surface area contributed by atoms with Gasteiger partial charge in [0.05, 0.1) is 30.0 Å². The van der Waals surface area contributed by atoms with E-state index in [2.05, 4.69) is 4.90 Å². The van der Waals surface area contributed by atoms with Crippen LogP contribution >= 0.6 is 0 Å². The SMILES string of the molecule is NC(=O)c1cc2ccccc2nc1C1CCN(C(=O)CCN2CCOCC2)CC1. The molecule has 0 atom stereocenters. The second-order valence-electron chi connectivity index (χ2n) is 7.84. The van der Waals surface area contributed by atoms with Gasteiger partial charge in [-0.25, -0.2) is 0 Å². The molecule has 0 unspecified atom stereocenters. The molecular formula is C22H28N4O3. The molecule has 7 heteroatoms. The zero-order chi connectivity index (χ0) is 20.2. The molecule has 4 rings (SSSR count). The second kappa shape index (κ2) is 8.88. The zero-order valence-electron chi connectivity index (χ0n) is 16.7. The minimum Gasteiger partial charge on any atom is -0.379 e. The summed E-state index contributed by atoms with van der Waals surface area (Å²) >= 11 is 0. The van der Waals surface area contributed by atoms with Gasteiger partial charge in [0.25, 0.3) is 5.91 Å². The Bertz CT molecular complexity index is 887. The number of carbonyl (C=O) groups excluding carboxylic acids is 2. The number of nitrogens with two attached hydrogens (primary N) is 1. The largest absolute Gasteiger partial charge is 0.379 e. The number of nitrogens with zero attached hydrogens (tertiary/aromatic N) is 3. The van der Waals surface area contributed by atoms with Crippen LogP contribution in [0.15, 0.2) is 30.3 Å². The molecule has 1 aromatic carbocycles. The van der Waals surface area contributed by atoms with E-state index in [1.807, 2.05) is 35.2 Å². The van der Waals surface area contributed by atoms with Crippen molar-refractivity contribution in [3.63, 3.8) is 0 Å². The smallest absolute Gasteiger partial charge is 0.250 e. The van der Waals surface area contributed by atoms with Gasteiger partial charge in [0.15, 0.2) is 0 Å². The predicted molar refractivity (Wildman–Crippen MR) is 111 cm³/mol. The van der Waals surface area contributed by atoms with Crippen LogP contribution in [0.3, 0.4) is 0 Å². The van der Waals surface area contributed by atoms with E-state index in [0.717, 1.165) is 62.3 Å². The van der Waals surface area contributed by atoms with Crippen LogP contribution in [0.5, 0.6) is 0 Å². The van der Waals surface area contributed by atoms with E-state index in [1.165, 1.54) is 0 Å². The number of rotatable bonds is 5. The third-order valence-electron chi connectivity index (χ3n) is 6.00. The number of piperidine rings is 1. The number of likely N-dealkylation sites (tertiary alicyclic amines) is 1. The normalized spacial score (nSPS) is 18.8. The summed E-state index contributed by atoms with van der Waals surface area (Å²) in [4.78, 5) is 33.6. The van der Waals surface area contributed by atoms with Crippen molar-refractivity contribution in [1.29, 1.82) is 0 Å². The van der Waals surface area contributed by atoms with Crippen molar-refractivity contribution in [2.75, 3.05) is 45.9 Å². The van der Waals surface area contributed by atoms with Crippen LogP contribution in [0.4, 0.5) is 0 Å². The molecule has 0 spiro atoms. The number of ether oxygens (including phenoxy) is 1. The number of hydrogen-bond donors (Lipinski definition) is 1. The quantitative estimate of drug-likeness (QED) is 0.832. The maximum atomic E-state index is 12.6. The fourth-order valence-corrected chi connectivity index (χ4v) is 4.28. The van der Waals surface area contributed by atoms with E-state index in [-0.39, 0.29) is 11.8 Å². The molecule has 2 fully saturated rings. The van der Waals surface area contributed by atoms with Crippen LogP contribution in [0.2, 0.25) is 0 Å². The van der Waals surface area contributed by atoms with E-state index in [0.29, 0.717) is 25.1 Å². The molecular weight excluding hydrogens is 368 g/mol. The number of primary amides is 1. The second-order valence-corrected chi connectivity index (χ2v) is 7.84. The monoisotopic (exact) mass is 396 g/mol. The predicted octanol–water partition coefficient (Wildman–Crippen LogP) is 1.76. The molecule has 7 nitrogen and oxygen atoms in total. The Hall–Kier alpha value is -2.51. The molecule has 2 aromatic rings. The molecule has 2 aliphatic heterocycles. The lowest BCUT2D eigenvalue weighted by atomic mass is 9.89. The Balaban J connectivity index is 1.39. The van der Waals surface area contributed by atoms with Gasteiger partial charge in [-0.15, -0.1) is 0 Å². The molecule has 0 saturated carbocycles. The third kappa shape index (κ3) is 4.57. The number of amides is 2. The maximum Gasteiger partial charge on any atom is 0.250 e. The topological polar surface area (TPSA) is 88.8 Å². The molecule has 0 aliphatic carbocycles. The summed E-state index contributed by atoms with van der Waals surface area (Å²) < 4.78 is 5.35. The lowest BCUT2D eigenvalue weighted by molar-refractivity contribution is -0.132. The fourth-order valence-electron chi connectivity index (χ4n) is 4.28. The number of morpholine rings is 1. The van der Waals surface area contributed by atoms with Crippen molar-refractivity contribution in [2.45, 2.75) is 25.2 Å². The molecule has 2 amide bonds. The number of pyridine rings is 1. The molecule has 154 valence electrons. The Morgan fingerprint density at radius 2 is 1.83 bits per heavy atom. The van der Waals surface area contributed by atoms with E-state index in [4.69, 9.17) is 15.5 Å². The first-order valence-electron chi connectivity index (χ1n) is 10.4. The summed E-state index contributed by atoms with van der Waals surface area (Å²) in [5.41, 5.74) is 7.79. The van der Waals surface area contributed by atoms with Crippen molar-refractivity contribution in [1.82, 2.24) is 14.8 Å². The van der Waals surface area contributed by atoms with Crippen molar-refractivity contribution in [2.24, 2.45) is 5.73 Å². The summed E-state index contributed by atoms with van der Waals surface area (Å²) in [6, 6.07) is 9.61. The third-order valence-corrected chi connectivity index (χ3v) is 6.00. The Morgan fingerprint density at radius 1 is 1.10 bits per heavy atom. The molecule has 2 saturated heterocycles. The molecule has 0 bridgehead atoms. The lowest BCUT2D eigenvalue weighted by Crippen LogP contribution is -2.42. The first kappa shape index (κ1) is 19.8. The van der Waals surface area contributed by atoms with Crippen molar-refractivity contribution >= 4 is 22.7 Å². The van der Waals surface area contributed by atoms with Crippen molar-refractivity contribution < 1.29 is 14.3 Å². The Kier molecular flexibility index (Phi) is 6.06. The van der Waals surface area contributed by atoms with Gasteiger partial charge in [-0.05, 0) is 25.0 Å². The van der Waals surface area contributed by atoms with E-state index in [9.17, 15) is 9.59 Å². The number of hydrogen-bond acceptors (Lipinski definition) is 5. The fraction of sp³-hybridized carbons (Fsp3) is 0.500. The highest BCUT2D eigenvalue weighted by Crippen LogP contribution is 2.31. The van der Waals surface area contributed by atoms with Crippen LogP contribution in [-0.2, 0) is 9.53 Å². The highest BCUT2D eigenvalue weighted by atomic mass is 16.5. The number of carbonyl (C=O) groups is 2. The number of aromatic nitrogens is 1. The van der Waals surface area contributed by atoms with E-state index >= 15 is 0 Å². The van der Waals surface area contributed by atoms with Crippen LogP contribution in [-0.4, -0.2) is 72.5 Å². The number of fused-ring (bicyclic) bond motifs is 1. The van der Waals surface area contributed by atoms with Crippen LogP contribution in [0.25, 0.3) is 10.9 Å². The summed E-state index contributed by atoms with van der Waals surface area (Å²) in [6.07, 6.45) is 2.15. The van der Waals surface area contributed by atoms with Gasteiger partial charge >= 0.3 is 0 Å². The molecule has 1 aromatic heterocycles. The van der Waals surface area contributed by atoms with Gasteiger partial charge in [0.1, 0.15) is 0 Å². The minimum atomic E-state index is -0.442. The average Bonchev–Trinajstić information content (AvgIpc) is 2.77. The highest BCUT2D eigenvalue weighted by molar-refractivity contribution is 5.97. The van der Waals surface area contributed by atoms with Gasteiger partial charge in [0, 0.05) is 50.4 Å². The van der Waals surface area contributed by atoms with E-state index < -0.39 is 5.91 Å². The Labute approximate surface area is 170 Å². The minimum absolute atomic E-state index is 0.144. The van der Waals surface area contributed by atoms with Crippen LogP contribution in [0.1, 0.15) is 41.2 Å². The molecule has 29 heavy (non-hydrogen) atoms. The summed E-state index contributed by atoms with van der Waals surface area (Å²) in [5, 5.41) is 0.917. The summed E-state index contributed by atoms with van der Waals surface area (Å²) in [5.74, 6) is -0.0933. The van der Waals surface area contributed by atoms with Gasteiger partial charge in [-0.2, -0.15) is 0 Å². The molecule has 2 aliphatic rings. The molecule has 3 heterocycles. The number of benzene rings is 1. The maximum absolute atomic E-state index is 12.6. The lowest BCUT2D eigenvalue weighted by Gasteiger charge is -2.33. The Morgan fingerprint density at radius 3 is 2.55 bits per heavy atom. The van der Waals surface area contributed by atoms with Gasteiger partial charge < -0.3 is 15.4 Å². The van der Waals surface area contributed by atoms with Gasteiger partial charge in [-0.3, -0.25) is 19.5 Å². The summed E-state index contributed by atoms with van der Waals surface area (Å²) in [7, 11) is 0.